The maximum absolute atomic E-state index is 13.0. The van der Waals surface area contributed by atoms with Gasteiger partial charge >= 0.3 is 5.97 Å². The number of hydrogen-bond donors (Lipinski definition) is 1. The molecule has 2 rings (SSSR count). The first-order valence-electron chi connectivity index (χ1n) is 9.87. The molecule has 2 amide bonds. The van der Waals surface area contributed by atoms with Crippen molar-refractivity contribution in [2.75, 3.05) is 19.7 Å². The molecular formula is C21H30N2O5. The van der Waals surface area contributed by atoms with E-state index in [4.69, 9.17) is 9.47 Å². The van der Waals surface area contributed by atoms with Crippen molar-refractivity contribution in [3.63, 3.8) is 0 Å². The van der Waals surface area contributed by atoms with E-state index in [1.807, 2.05) is 39.0 Å². The predicted molar refractivity (Wildman–Crippen MR) is 105 cm³/mol. The van der Waals surface area contributed by atoms with Gasteiger partial charge in [-0.05, 0) is 30.9 Å². The van der Waals surface area contributed by atoms with Crippen molar-refractivity contribution < 1.29 is 23.9 Å². The first-order valence-corrected chi connectivity index (χ1v) is 9.87. The van der Waals surface area contributed by atoms with Gasteiger partial charge in [-0.15, -0.1) is 0 Å². The number of nitrogens with zero attached hydrogens (tertiary/aromatic N) is 1. The third-order valence-electron chi connectivity index (χ3n) is 4.60. The van der Waals surface area contributed by atoms with Gasteiger partial charge in [0.15, 0.2) is 6.10 Å². The topological polar surface area (TPSA) is 84.9 Å². The molecule has 154 valence electrons. The summed E-state index contributed by atoms with van der Waals surface area (Å²) in [5.41, 5.74) is 0. The molecule has 28 heavy (non-hydrogen) atoms. The number of piperazine rings is 1. The lowest BCUT2D eigenvalue weighted by molar-refractivity contribution is -0.154. The van der Waals surface area contributed by atoms with E-state index in [9.17, 15) is 14.4 Å². The Morgan fingerprint density at radius 2 is 1.96 bits per heavy atom. The number of nitrogens with one attached hydrogen (secondary N) is 1. The molecule has 2 atom stereocenters. The number of carbonyl (C=O) groups excluding carboxylic acids is 3. The Hall–Kier alpha value is -2.57. The van der Waals surface area contributed by atoms with Gasteiger partial charge in [-0.2, -0.15) is 0 Å². The van der Waals surface area contributed by atoms with E-state index < -0.39 is 18.1 Å². The van der Waals surface area contributed by atoms with E-state index in [1.54, 1.807) is 12.1 Å². The summed E-state index contributed by atoms with van der Waals surface area (Å²) in [5.74, 6) is -0.0909. The second kappa shape index (κ2) is 10.7. The third-order valence-corrected chi connectivity index (χ3v) is 4.60. The number of amides is 2. The summed E-state index contributed by atoms with van der Waals surface area (Å²) in [4.78, 5) is 39.0. The fraction of sp³-hybridized carbons (Fsp3) is 0.571. The van der Waals surface area contributed by atoms with Crippen LogP contribution in [0.4, 0.5) is 0 Å². The van der Waals surface area contributed by atoms with Crippen LogP contribution in [0.5, 0.6) is 5.75 Å². The highest BCUT2D eigenvalue weighted by molar-refractivity contribution is 5.93. The van der Waals surface area contributed by atoms with Crippen LogP contribution in [-0.4, -0.2) is 54.5 Å². The molecule has 1 aliphatic heterocycles. The SMILES string of the molecule is CCC(Oc1ccccc1)C(=O)N1CCNC(=O)C1CC(=O)OCCC(C)C. The highest BCUT2D eigenvalue weighted by atomic mass is 16.5. The average molecular weight is 390 g/mol. The molecule has 0 radical (unpaired) electrons. The number of carbonyl (C=O) groups is 3. The Balaban J connectivity index is 2.03. The van der Waals surface area contributed by atoms with Crippen LogP contribution in [0.1, 0.15) is 40.0 Å². The largest absolute Gasteiger partial charge is 0.481 e. The van der Waals surface area contributed by atoms with Crippen molar-refractivity contribution in [3.05, 3.63) is 30.3 Å². The molecular weight excluding hydrogens is 360 g/mol. The molecule has 1 aromatic carbocycles. The zero-order chi connectivity index (χ0) is 20.5. The summed E-state index contributed by atoms with van der Waals surface area (Å²) >= 11 is 0. The Kier molecular flexibility index (Phi) is 8.29. The Bertz CT molecular complexity index is 662. The summed E-state index contributed by atoms with van der Waals surface area (Å²) in [6.07, 6.45) is 0.343. The Morgan fingerprint density at radius 3 is 2.61 bits per heavy atom. The van der Waals surface area contributed by atoms with Crippen LogP contribution in [0, 0.1) is 5.92 Å². The van der Waals surface area contributed by atoms with Crippen LogP contribution in [0.2, 0.25) is 0 Å². The highest BCUT2D eigenvalue weighted by Gasteiger charge is 2.38. The second-order valence-electron chi connectivity index (χ2n) is 7.27. The molecule has 1 N–H and O–H groups in total. The van der Waals surface area contributed by atoms with Crippen molar-refractivity contribution in [2.24, 2.45) is 5.92 Å². The zero-order valence-electron chi connectivity index (χ0n) is 16.8. The van der Waals surface area contributed by atoms with Gasteiger partial charge in [0.05, 0.1) is 13.0 Å². The van der Waals surface area contributed by atoms with E-state index in [1.165, 1.54) is 4.90 Å². The minimum atomic E-state index is -0.874. The summed E-state index contributed by atoms with van der Waals surface area (Å²) in [7, 11) is 0. The lowest BCUT2D eigenvalue weighted by Gasteiger charge is -2.36. The van der Waals surface area contributed by atoms with Crippen molar-refractivity contribution in [3.8, 4) is 5.75 Å². The van der Waals surface area contributed by atoms with Crippen LogP contribution < -0.4 is 10.1 Å². The first kappa shape index (κ1) is 21.7. The van der Waals surface area contributed by atoms with Crippen molar-refractivity contribution in [1.29, 1.82) is 0 Å². The fourth-order valence-electron chi connectivity index (χ4n) is 2.96. The number of esters is 1. The van der Waals surface area contributed by atoms with Crippen LogP contribution in [0.25, 0.3) is 0 Å². The zero-order valence-corrected chi connectivity index (χ0v) is 16.8. The van der Waals surface area contributed by atoms with Crippen molar-refractivity contribution in [2.45, 2.75) is 52.2 Å². The molecule has 0 aliphatic carbocycles. The minimum Gasteiger partial charge on any atom is -0.481 e. The maximum Gasteiger partial charge on any atom is 0.308 e. The van der Waals surface area contributed by atoms with E-state index in [-0.39, 0.29) is 18.2 Å². The summed E-state index contributed by atoms with van der Waals surface area (Å²) in [6, 6.07) is 8.21. The molecule has 7 nitrogen and oxygen atoms in total. The molecule has 7 heteroatoms. The van der Waals surface area contributed by atoms with Gasteiger partial charge in [-0.25, -0.2) is 0 Å². The van der Waals surface area contributed by atoms with Crippen LogP contribution in [0.15, 0.2) is 30.3 Å². The molecule has 1 fully saturated rings. The number of para-hydroxylation sites is 1. The first-order chi connectivity index (χ1) is 13.4. The van der Waals surface area contributed by atoms with E-state index in [0.29, 0.717) is 37.8 Å². The van der Waals surface area contributed by atoms with Crippen LogP contribution in [0.3, 0.4) is 0 Å². The van der Waals surface area contributed by atoms with E-state index in [2.05, 4.69) is 5.32 Å². The van der Waals surface area contributed by atoms with Gasteiger partial charge < -0.3 is 19.7 Å². The molecule has 1 aliphatic rings. The lowest BCUT2D eigenvalue weighted by atomic mass is 10.1. The van der Waals surface area contributed by atoms with Gasteiger partial charge in [-0.3, -0.25) is 14.4 Å². The number of hydrogen-bond acceptors (Lipinski definition) is 5. The van der Waals surface area contributed by atoms with E-state index in [0.717, 1.165) is 6.42 Å². The highest BCUT2D eigenvalue weighted by Crippen LogP contribution is 2.18. The number of benzene rings is 1. The van der Waals surface area contributed by atoms with Gasteiger partial charge in [0.25, 0.3) is 5.91 Å². The molecule has 0 spiro atoms. The molecule has 1 heterocycles. The molecule has 0 aromatic heterocycles. The minimum absolute atomic E-state index is 0.155. The molecule has 2 unspecified atom stereocenters. The van der Waals surface area contributed by atoms with E-state index >= 15 is 0 Å². The van der Waals surface area contributed by atoms with Gasteiger partial charge in [0.2, 0.25) is 5.91 Å². The standard InChI is InChI=1S/C21H30N2O5/c1-4-18(28-16-8-6-5-7-9-16)21(26)23-12-11-22-20(25)17(23)14-19(24)27-13-10-15(2)3/h5-9,15,17-18H,4,10-14H2,1-3H3,(H,22,25). The van der Waals surface area contributed by atoms with Gasteiger partial charge in [-0.1, -0.05) is 39.0 Å². The Labute approximate surface area is 166 Å². The Morgan fingerprint density at radius 1 is 1.25 bits per heavy atom. The van der Waals surface area contributed by atoms with Crippen LogP contribution >= 0.6 is 0 Å². The summed E-state index contributed by atoms with van der Waals surface area (Å²) < 4.78 is 11.0. The van der Waals surface area contributed by atoms with Crippen molar-refractivity contribution in [1.82, 2.24) is 10.2 Å². The van der Waals surface area contributed by atoms with Gasteiger partial charge in [0, 0.05) is 13.1 Å². The predicted octanol–water partition coefficient (Wildman–Crippen LogP) is 2.15. The molecule has 1 aromatic rings. The van der Waals surface area contributed by atoms with Crippen molar-refractivity contribution >= 4 is 17.8 Å². The quantitative estimate of drug-likeness (QED) is 0.653. The smallest absolute Gasteiger partial charge is 0.308 e. The lowest BCUT2D eigenvalue weighted by Crippen LogP contribution is -2.60. The summed E-state index contributed by atoms with van der Waals surface area (Å²) in [5, 5.41) is 2.72. The second-order valence-corrected chi connectivity index (χ2v) is 7.27. The molecule has 0 bridgehead atoms. The average Bonchev–Trinajstić information content (AvgIpc) is 2.67. The third kappa shape index (κ3) is 6.25. The number of rotatable bonds is 9. The van der Waals surface area contributed by atoms with Gasteiger partial charge in [0.1, 0.15) is 11.8 Å². The molecule has 1 saturated heterocycles. The monoisotopic (exact) mass is 390 g/mol. The normalized spacial score (nSPS) is 17.8. The fourth-order valence-corrected chi connectivity index (χ4v) is 2.96. The maximum atomic E-state index is 13.0. The van der Waals surface area contributed by atoms with Crippen LogP contribution in [-0.2, 0) is 19.1 Å². The summed E-state index contributed by atoms with van der Waals surface area (Å²) in [6.45, 7) is 6.94. The number of ether oxygens (including phenoxy) is 2. The molecule has 0 saturated carbocycles.